The predicted molar refractivity (Wildman–Crippen MR) is 77.9 cm³/mol. The van der Waals surface area contributed by atoms with Gasteiger partial charge in [0.1, 0.15) is 0 Å². The normalized spacial score (nSPS) is 10.7. The number of carbonyl (C=O) groups excluding carboxylic acids is 1. The molecule has 0 bridgehead atoms. The molecular formula is C14H12N2O3S. The second kappa shape index (κ2) is 6.12. The second-order valence-corrected chi connectivity index (χ2v) is 5.30. The fourth-order valence-corrected chi connectivity index (χ4v) is 2.33. The molecule has 0 saturated heterocycles. The SMILES string of the molecule is Cc1ccc(/C=C/C(=O)Nc2cccnc2C(=O)O)s1. The van der Waals surface area contributed by atoms with Gasteiger partial charge in [-0.25, -0.2) is 9.78 Å². The van der Waals surface area contributed by atoms with Crippen molar-refractivity contribution in [1.82, 2.24) is 4.98 Å². The van der Waals surface area contributed by atoms with Gasteiger partial charge in [-0.05, 0) is 37.3 Å². The molecule has 102 valence electrons. The number of amides is 1. The number of aryl methyl sites for hydroxylation is 1. The summed E-state index contributed by atoms with van der Waals surface area (Å²) < 4.78 is 0. The van der Waals surface area contributed by atoms with Crippen molar-refractivity contribution < 1.29 is 14.7 Å². The van der Waals surface area contributed by atoms with Crippen LogP contribution in [0.3, 0.4) is 0 Å². The number of rotatable bonds is 4. The van der Waals surface area contributed by atoms with Gasteiger partial charge in [-0.15, -0.1) is 11.3 Å². The maximum atomic E-state index is 11.8. The molecule has 2 rings (SSSR count). The van der Waals surface area contributed by atoms with Crippen LogP contribution in [0.1, 0.15) is 20.2 Å². The number of carboxylic acid groups (broad SMARTS) is 1. The maximum absolute atomic E-state index is 11.8. The fourth-order valence-electron chi connectivity index (χ4n) is 1.55. The van der Waals surface area contributed by atoms with Gasteiger partial charge in [0.05, 0.1) is 5.69 Å². The third-order valence-electron chi connectivity index (χ3n) is 2.43. The Morgan fingerprint density at radius 2 is 2.15 bits per heavy atom. The number of pyridine rings is 1. The van der Waals surface area contributed by atoms with E-state index in [4.69, 9.17) is 5.11 Å². The van der Waals surface area contributed by atoms with Crippen LogP contribution >= 0.6 is 11.3 Å². The number of aromatic carboxylic acids is 1. The molecule has 2 aromatic heterocycles. The minimum atomic E-state index is -1.18. The molecule has 0 aromatic carbocycles. The molecule has 0 unspecified atom stereocenters. The first kappa shape index (κ1) is 14.0. The first-order chi connectivity index (χ1) is 9.56. The molecule has 0 spiro atoms. The van der Waals surface area contributed by atoms with E-state index in [1.54, 1.807) is 23.5 Å². The summed E-state index contributed by atoms with van der Waals surface area (Å²) in [4.78, 5) is 28.5. The first-order valence-electron chi connectivity index (χ1n) is 5.80. The summed E-state index contributed by atoms with van der Waals surface area (Å²) in [5.41, 5.74) is -0.00164. The molecule has 0 saturated carbocycles. The lowest BCUT2D eigenvalue weighted by Gasteiger charge is -2.04. The average molecular weight is 288 g/mol. The van der Waals surface area contributed by atoms with E-state index in [1.807, 2.05) is 19.1 Å². The van der Waals surface area contributed by atoms with E-state index in [1.165, 1.54) is 18.3 Å². The van der Waals surface area contributed by atoms with Crippen molar-refractivity contribution in [3.8, 4) is 0 Å². The molecule has 20 heavy (non-hydrogen) atoms. The van der Waals surface area contributed by atoms with Crippen molar-refractivity contribution in [3.05, 3.63) is 52.0 Å². The van der Waals surface area contributed by atoms with E-state index in [9.17, 15) is 9.59 Å². The van der Waals surface area contributed by atoms with E-state index in [2.05, 4.69) is 10.3 Å². The van der Waals surface area contributed by atoms with Crippen molar-refractivity contribution in [2.24, 2.45) is 0 Å². The van der Waals surface area contributed by atoms with Crippen LogP contribution < -0.4 is 5.32 Å². The van der Waals surface area contributed by atoms with Crippen LogP contribution in [-0.4, -0.2) is 22.0 Å². The Balaban J connectivity index is 2.09. The van der Waals surface area contributed by atoms with Gasteiger partial charge in [0.15, 0.2) is 5.69 Å². The number of nitrogens with zero attached hydrogens (tertiary/aromatic N) is 1. The largest absolute Gasteiger partial charge is 0.476 e. The van der Waals surface area contributed by atoms with Gasteiger partial charge in [-0.2, -0.15) is 0 Å². The Morgan fingerprint density at radius 3 is 2.80 bits per heavy atom. The van der Waals surface area contributed by atoms with Crippen LogP contribution in [0.4, 0.5) is 5.69 Å². The topological polar surface area (TPSA) is 79.3 Å². The lowest BCUT2D eigenvalue weighted by Crippen LogP contribution is -2.13. The van der Waals surface area contributed by atoms with E-state index in [0.29, 0.717) is 0 Å². The highest BCUT2D eigenvalue weighted by atomic mass is 32.1. The van der Waals surface area contributed by atoms with E-state index in [-0.39, 0.29) is 11.4 Å². The average Bonchev–Trinajstić information content (AvgIpc) is 2.83. The Bertz CT molecular complexity index is 677. The summed E-state index contributed by atoms with van der Waals surface area (Å²) in [5.74, 6) is -1.58. The molecule has 0 fully saturated rings. The Morgan fingerprint density at radius 1 is 1.35 bits per heavy atom. The van der Waals surface area contributed by atoms with Crippen molar-refractivity contribution >= 4 is 35.0 Å². The Kier molecular flexibility index (Phi) is 4.27. The minimum Gasteiger partial charge on any atom is -0.476 e. The predicted octanol–water partition coefficient (Wildman–Crippen LogP) is 2.80. The summed E-state index contributed by atoms with van der Waals surface area (Å²) in [5, 5.41) is 11.5. The molecule has 6 heteroatoms. The highest BCUT2D eigenvalue weighted by Crippen LogP contribution is 2.17. The number of hydrogen-bond donors (Lipinski definition) is 2. The standard InChI is InChI=1S/C14H12N2O3S/c1-9-4-5-10(20-9)6-7-12(17)16-11-3-2-8-15-13(11)14(18)19/h2-8H,1H3,(H,16,17)(H,18,19)/b7-6+. The number of nitrogens with one attached hydrogen (secondary N) is 1. The van der Waals surface area contributed by atoms with Gasteiger partial charge in [0.25, 0.3) is 0 Å². The molecule has 2 heterocycles. The molecule has 1 amide bonds. The molecule has 5 nitrogen and oxygen atoms in total. The van der Waals surface area contributed by atoms with Gasteiger partial charge in [0, 0.05) is 22.0 Å². The number of hydrogen-bond acceptors (Lipinski definition) is 4. The molecule has 0 aliphatic heterocycles. The van der Waals surface area contributed by atoms with E-state index in [0.717, 1.165) is 9.75 Å². The van der Waals surface area contributed by atoms with Gasteiger partial charge < -0.3 is 10.4 Å². The molecular weight excluding hydrogens is 276 g/mol. The summed E-state index contributed by atoms with van der Waals surface area (Å²) in [6.45, 7) is 1.98. The first-order valence-corrected chi connectivity index (χ1v) is 6.62. The molecule has 2 aromatic rings. The van der Waals surface area contributed by atoms with Gasteiger partial charge in [0.2, 0.25) is 5.91 Å². The van der Waals surface area contributed by atoms with Crippen LogP contribution in [-0.2, 0) is 4.79 Å². The smallest absolute Gasteiger partial charge is 0.356 e. The lowest BCUT2D eigenvalue weighted by molar-refractivity contribution is -0.111. The number of carbonyl (C=O) groups is 2. The fraction of sp³-hybridized carbons (Fsp3) is 0.0714. The van der Waals surface area contributed by atoms with Crippen LogP contribution in [0.5, 0.6) is 0 Å². The Labute approximate surface area is 119 Å². The summed E-state index contributed by atoms with van der Waals surface area (Å²) in [6.07, 6.45) is 4.41. The van der Waals surface area contributed by atoms with Crippen LogP contribution in [0.25, 0.3) is 6.08 Å². The summed E-state index contributed by atoms with van der Waals surface area (Å²) in [7, 11) is 0. The number of anilines is 1. The quantitative estimate of drug-likeness (QED) is 0.848. The van der Waals surface area contributed by atoms with Crippen molar-refractivity contribution in [3.63, 3.8) is 0 Å². The van der Waals surface area contributed by atoms with Gasteiger partial charge >= 0.3 is 5.97 Å². The molecule has 0 aliphatic rings. The highest BCUT2D eigenvalue weighted by Gasteiger charge is 2.11. The number of thiophene rings is 1. The zero-order valence-corrected chi connectivity index (χ0v) is 11.5. The van der Waals surface area contributed by atoms with Crippen LogP contribution in [0.2, 0.25) is 0 Å². The lowest BCUT2D eigenvalue weighted by atomic mass is 10.3. The summed E-state index contributed by atoms with van der Waals surface area (Å²) in [6, 6.07) is 6.94. The number of aromatic nitrogens is 1. The van der Waals surface area contributed by atoms with Crippen molar-refractivity contribution in [1.29, 1.82) is 0 Å². The Hall–Kier alpha value is -2.47. The van der Waals surface area contributed by atoms with E-state index >= 15 is 0 Å². The van der Waals surface area contributed by atoms with Crippen LogP contribution in [0, 0.1) is 6.92 Å². The monoisotopic (exact) mass is 288 g/mol. The van der Waals surface area contributed by atoms with Crippen LogP contribution in [0.15, 0.2) is 36.5 Å². The zero-order chi connectivity index (χ0) is 14.5. The highest BCUT2D eigenvalue weighted by molar-refractivity contribution is 7.12. The van der Waals surface area contributed by atoms with Crippen molar-refractivity contribution in [2.75, 3.05) is 5.32 Å². The number of carboxylic acids is 1. The molecule has 0 aliphatic carbocycles. The summed E-state index contributed by atoms with van der Waals surface area (Å²) >= 11 is 1.57. The third kappa shape index (κ3) is 3.52. The molecule has 0 radical (unpaired) electrons. The third-order valence-corrected chi connectivity index (χ3v) is 3.39. The second-order valence-electron chi connectivity index (χ2n) is 3.98. The maximum Gasteiger partial charge on any atom is 0.356 e. The van der Waals surface area contributed by atoms with Gasteiger partial charge in [-0.1, -0.05) is 0 Å². The van der Waals surface area contributed by atoms with Crippen molar-refractivity contribution in [2.45, 2.75) is 6.92 Å². The zero-order valence-electron chi connectivity index (χ0n) is 10.7. The molecule has 0 atom stereocenters. The minimum absolute atomic E-state index is 0.178. The van der Waals surface area contributed by atoms with Gasteiger partial charge in [-0.3, -0.25) is 4.79 Å². The molecule has 2 N–H and O–H groups in total. The van der Waals surface area contributed by atoms with E-state index < -0.39 is 11.9 Å².